The highest BCUT2D eigenvalue weighted by molar-refractivity contribution is 7.64. The minimum Gasteiger partial charge on any atom is -0.0803 e. The van der Waals surface area contributed by atoms with Gasteiger partial charge in [-0.1, -0.05) is 160 Å². The fraction of sp³-hybridized carbons (Fsp3) is 0.0526. The minimum absolute atomic E-state index is 0.479. The Morgan fingerprint density at radius 1 is 0.282 bits per heavy atom. The first-order valence-corrected chi connectivity index (χ1v) is 15.7. The van der Waals surface area contributed by atoms with E-state index in [2.05, 4.69) is 165 Å². The Labute approximate surface area is 233 Å². The van der Waals surface area contributed by atoms with E-state index in [0.717, 1.165) is 0 Å². The van der Waals surface area contributed by atoms with Gasteiger partial charge in [0.05, 0.1) is 0 Å². The maximum absolute atomic E-state index is 2.40. The molecule has 0 aromatic heterocycles. The SMILES string of the molecule is CP(C)c1c(-c2ccccc2)c(-c2ccccc2)c(-c2ccccc2)c(-c2ccccc2)c1-c1ccccc1. The van der Waals surface area contributed by atoms with E-state index in [1.807, 2.05) is 0 Å². The molecule has 0 spiro atoms. The Morgan fingerprint density at radius 2 is 0.487 bits per heavy atom. The fourth-order valence-electron chi connectivity index (χ4n) is 5.64. The maximum atomic E-state index is 2.40. The van der Waals surface area contributed by atoms with Crippen molar-refractivity contribution in [1.82, 2.24) is 0 Å². The zero-order valence-electron chi connectivity index (χ0n) is 22.4. The van der Waals surface area contributed by atoms with Crippen molar-refractivity contribution in [2.75, 3.05) is 13.3 Å². The summed E-state index contributed by atoms with van der Waals surface area (Å²) >= 11 is 0. The van der Waals surface area contributed by atoms with Crippen LogP contribution in [0.4, 0.5) is 0 Å². The standard InChI is InChI=1S/C38H31P/c1-39(2)38-36(31-24-14-6-15-25-31)34(29-20-10-4-11-21-29)33(28-18-8-3-9-19-28)35(30-22-12-5-13-23-30)37(38)32-26-16-7-17-27-32/h3-27H,1-2H3. The summed E-state index contributed by atoms with van der Waals surface area (Å²) in [5, 5.41) is 1.44. The van der Waals surface area contributed by atoms with Crippen molar-refractivity contribution < 1.29 is 0 Å². The highest BCUT2D eigenvalue weighted by Gasteiger charge is 2.29. The predicted octanol–water partition coefficient (Wildman–Crippen LogP) is 10.4. The van der Waals surface area contributed by atoms with Gasteiger partial charge in [-0.05, 0) is 74.3 Å². The zero-order valence-corrected chi connectivity index (χ0v) is 23.3. The topological polar surface area (TPSA) is 0 Å². The quantitative estimate of drug-likeness (QED) is 0.192. The molecule has 6 rings (SSSR count). The van der Waals surface area contributed by atoms with Crippen molar-refractivity contribution in [2.24, 2.45) is 0 Å². The molecule has 0 fully saturated rings. The van der Waals surface area contributed by atoms with Crippen molar-refractivity contribution in [2.45, 2.75) is 0 Å². The molecule has 39 heavy (non-hydrogen) atoms. The maximum Gasteiger partial charge on any atom is -0.00137 e. The molecule has 0 N–H and O–H groups in total. The Hall–Kier alpha value is -4.25. The van der Waals surface area contributed by atoms with Gasteiger partial charge in [-0.25, -0.2) is 0 Å². The number of benzene rings is 6. The Balaban J connectivity index is 1.94. The number of hydrogen-bond acceptors (Lipinski definition) is 0. The van der Waals surface area contributed by atoms with Crippen molar-refractivity contribution >= 4 is 13.2 Å². The van der Waals surface area contributed by atoms with Gasteiger partial charge >= 0.3 is 0 Å². The second-order valence-corrected chi connectivity index (χ2v) is 12.2. The first-order valence-electron chi connectivity index (χ1n) is 13.4. The summed E-state index contributed by atoms with van der Waals surface area (Å²) in [6, 6.07) is 54.8. The zero-order chi connectivity index (χ0) is 26.6. The van der Waals surface area contributed by atoms with E-state index < -0.39 is 7.92 Å². The molecular weight excluding hydrogens is 487 g/mol. The van der Waals surface area contributed by atoms with E-state index >= 15 is 0 Å². The highest BCUT2D eigenvalue weighted by atomic mass is 31.1. The third kappa shape index (κ3) is 4.85. The van der Waals surface area contributed by atoms with Crippen molar-refractivity contribution in [3.8, 4) is 55.6 Å². The second-order valence-electron chi connectivity index (χ2n) is 9.95. The molecule has 188 valence electrons. The lowest BCUT2D eigenvalue weighted by molar-refractivity contribution is 1.54. The van der Waals surface area contributed by atoms with E-state index in [4.69, 9.17) is 0 Å². The molecule has 0 nitrogen and oxygen atoms in total. The van der Waals surface area contributed by atoms with Crippen LogP contribution in [0.2, 0.25) is 0 Å². The van der Waals surface area contributed by atoms with Crippen LogP contribution in [-0.4, -0.2) is 13.3 Å². The molecule has 0 heterocycles. The van der Waals surface area contributed by atoms with E-state index in [9.17, 15) is 0 Å². The van der Waals surface area contributed by atoms with Gasteiger partial charge in [0.2, 0.25) is 0 Å². The summed E-state index contributed by atoms with van der Waals surface area (Å²) in [6.45, 7) is 4.80. The predicted molar refractivity (Wildman–Crippen MR) is 172 cm³/mol. The highest BCUT2D eigenvalue weighted by Crippen LogP contribution is 2.52. The van der Waals surface area contributed by atoms with Gasteiger partial charge in [0.1, 0.15) is 0 Å². The van der Waals surface area contributed by atoms with Crippen LogP contribution in [-0.2, 0) is 0 Å². The molecule has 0 aliphatic carbocycles. The van der Waals surface area contributed by atoms with E-state index in [0.29, 0.717) is 0 Å². The molecule has 0 aliphatic rings. The van der Waals surface area contributed by atoms with E-state index in [1.165, 1.54) is 60.9 Å². The Bertz CT molecular complexity index is 1570. The van der Waals surface area contributed by atoms with Crippen LogP contribution in [0.5, 0.6) is 0 Å². The van der Waals surface area contributed by atoms with Crippen molar-refractivity contribution in [3.63, 3.8) is 0 Å². The van der Waals surface area contributed by atoms with Gasteiger partial charge in [0.15, 0.2) is 0 Å². The summed E-state index contributed by atoms with van der Waals surface area (Å²) in [6.07, 6.45) is 0. The summed E-state index contributed by atoms with van der Waals surface area (Å²) in [5.41, 5.74) is 12.8. The molecule has 6 aromatic carbocycles. The van der Waals surface area contributed by atoms with Crippen LogP contribution in [0.1, 0.15) is 0 Å². The molecule has 0 bridgehead atoms. The molecule has 0 atom stereocenters. The van der Waals surface area contributed by atoms with Crippen molar-refractivity contribution in [3.05, 3.63) is 152 Å². The molecule has 0 saturated heterocycles. The molecule has 6 aromatic rings. The van der Waals surface area contributed by atoms with Gasteiger partial charge in [0.25, 0.3) is 0 Å². The molecule has 1 heteroatoms. The number of rotatable bonds is 6. The summed E-state index contributed by atoms with van der Waals surface area (Å²) in [5.74, 6) is 0. The second kappa shape index (κ2) is 11.2. The van der Waals surface area contributed by atoms with E-state index in [-0.39, 0.29) is 0 Å². The lowest BCUT2D eigenvalue weighted by Gasteiger charge is -2.30. The fourth-order valence-corrected chi connectivity index (χ4v) is 7.01. The van der Waals surface area contributed by atoms with Crippen LogP contribution in [0, 0.1) is 0 Å². The van der Waals surface area contributed by atoms with Crippen LogP contribution >= 0.6 is 7.92 Å². The van der Waals surface area contributed by atoms with E-state index in [1.54, 1.807) is 0 Å². The Morgan fingerprint density at radius 3 is 0.718 bits per heavy atom. The van der Waals surface area contributed by atoms with Crippen molar-refractivity contribution in [1.29, 1.82) is 0 Å². The summed E-state index contributed by atoms with van der Waals surface area (Å²) in [7, 11) is -0.479. The van der Waals surface area contributed by atoms with Gasteiger partial charge in [-0.3, -0.25) is 0 Å². The Kier molecular flexibility index (Phi) is 7.22. The average molecular weight is 519 g/mol. The lowest BCUT2D eigenvalue weighted by atomic mass is 9.78. The lowest BCUT2D eigenvalue weighted by Crippen LogP contribution is -2.14. The third-order valence-electron chi connectivity index (χ3n) is 7.23. The first kappa shape index (κ1) is 25.1. The van der Waals surface area contributed by atoms with Crippen LogP contribution in [0.25, 0.3) is 55.6 Å². The number of hydrogen-bond donors (Lipinski definition) is 0. The van der Waals surface area contributed by atoms with Crippen LogP contribution in [0.15, 0.2) is 152 Å². The molecule has 0 radical (unpaired) electrons. The molecule has 0 aliphatic heterocycles. The van der Waals surface area contributed by atoms with Crippen LogP contribution < -0.4 is 5.30 Å². The summed E-state index contributed by atoms with van der Waals surface area (Å²) < 4.78 is 0. The smallest absolute Gasteiger partial charge is 0.00137 e. The molecule has 0 saturated carbocycles. The third-order valence-corrected chi connectivity index (χ3v) is 8.57. The van der Waals surface area contributed by atoms with Gasteiger partial charge in [-0.2, -0.15) is 0 Å². The van der Waals surface area contributed by atoms with Gasteiger partial charge < -0.3 is 0 Å². The van der Waals surface area contributed by atoms with Crippen LogP contribution in [0.3, 0.4) is 0 Å². The van der Waals surface area contributed by atoms with Gasteiger partial charge in [0, 0.05) is 0 Å². The first-order chi connectivity index (χ1) is 19.2. The summed E-state index contributed by atoms with van der Waals surface area (Å²) in [4.78, 5) is 0. The molecular formula is C38H31P. The largest absolute Gasteiger partial charge is 0.0803 e. The average Bonchev–Trinajstić information content (AvgIpc) is 3.01. The minimum atomic E-state index is -0.479. The normalized spacial score (nSPS) is 11.1. The molecule has 0 unspecified atom stereocenters. The monoisotopic (exact) mass is 518 g/mol. The van der Waals surface area contributed by atoms with Gasteiger partial charge in [-0.15, -0.1) is 0 Å². The molecule has 0 amide bonds.